The Balaban J connectivity index is 2.37. The molecule has 0 unspecified atom stereocenters. The van der Waals surface area contributed by atoms with Crippen LogP contribution in [0.15, 0.2) is 0 Å². The molecule has 0 spiro atoms. The molecule has 2 N–H and O–H groups in total. The quantitative estimate of drug-likeness (QED) is 0.732. The fourth-order valence-corrected chi connectivity index (χ4v) is 2.03. The van der Waals surface area contributed by atoms with Crippen LogP contribution in [0.4, 0.5) is 0 Å². The van der Waals surface area contributed by atoms with Gasteiger partial charge in [0.15, 0.2) is 0 Å². The number of hydrogen-bond acceptors (Lipinski definition) is 4. The van der Waals surface area contributed by atoms with E-state index in [9.17, 15) is 4.79 Å². The molecule has 0 aromatic rings. The first kappa shape index (κ1) is 15.4. The number of likely N-dealkylation sites (N-methyl/N-ethyl adjacent to an activating group) is 1. The van der Waals surface area contributed by atoms with E-state index in [-0.39, 0.29) is 5.91 Å². The van der Waals surface area contributed by atoms with Crippen LogP contribution in [0.3, 0.4) is 0 Å². The molecule has 1 fully saturated rings. The van der Waals surface area contributed by atoms with Crippen LogP contribution in [0.2, 0.25) is 0 Å². The van der Waals surface area contributed by atoms with Gasteiger partial charge < -0.3 is 15.5 Å². The Kier molecular flexibility index (Phi) is 5.56. The van der Waals surface area contributed by atoms with Crippen LogP contribution >= 0.6 is 0 Å². The summed E-state index contributed by atoms with van der Waals surface area (Å²) in [5.41, 5.74) is 5.23. The van der Waals surface area contributed by atoms with Crippen LogP contribution in [-0.2, 0) is 4.79 Å². The van der Waals surface area contributed by atoms with Gasteiger partial charge in [-0.25, -0.2) is 0 Å². The van der Waals surface area contributed by atoms with Gasteiger partial charge in [-0.2, -0.15) is 0 Å². The molecule has 1 saturated heterocycles. The lowest BCUT2D eigenvalue weighted by atomic mass is 9.91. The van der Waals surface area contributed by atoms with Gasteiger partial charge in [-0.1, -0.05) is 0 Å². The van der Waals surface area contributed by atoms with E-state index < -0.39 is 5.41 Å². The molecule has 0 aromatic carbocycles. The first-order chi connectivity index (χ1) is 8.36. The van der Waals surface area contributed by atoms with Gasteiger partial charge in [0.1, 0.15) is 0 Å². The lowest BCUT2D eigenvalue weighted by Crippen LogP contribution is -2.54. The fraction of sp³-hybridized carbons (Fsp3) is 0.923. The maximum absolute atomic E-state index is 12.2. The smallest absolute Gasteiger partial charge is 0.229 e. The van der Waals surface area contributed by atoms with Gasteiger partial charge in [0, 0.05) is 45.8 Å². The summed E-state index contributed by atoms with van der Waals surface area (Å²) in [5.74, 6) is 0.192. The molecule has 0 bridgehead atoms. The lowest BCUT2D eigenvalue weighted by molar-refractivity contribution is -0.141. The SMILES string of the molecule is CN(C)CCN1CCN(C(=O)C(C)(C)CN)CC1. The zero-order valence-electron chi connectivity index (χ0n) is 12.3. The molecule has 1 rings (SSSR count). The lowest BCUT2D eigenvalue weighted by Gasteiger charge is -2.38. The molecule has 1 amide bonds. The number of nitrogens with two attached hydrogens (primary N) is 1. The molecule has 0 aliphatic carbocycles. The van der Waals surface area contributed by atoms with Gasteiger partial charge in [0.2, 0.25) is 5.91 Å². The minimum atomic E-state index is -0.425. The summed E-state index contributed by atoms with van der Waals surface area (Å²) in [6.07, 6.45) is 0. The Morgan fingerprint density at radius 2 is 1.78 bits per heavy atom. The molecule has 1 aliphatic rings. The highest BCUT2D eigenvalue weighted by Crippen LogP contribution is 2.18. The number of hydrogen-bond donors (Lipinski definition) is 1. The maximum Gasteiger partial charge on any atom is 0.229 e. The molecule has 106 valence electrons. The largest absolute Gasteiger partial charge is 0.340 e. The summed E-state index contributed by atoms with van der Waals surface area (Å²) >= 11 is 0. The summed E-state index contributed by atoms with van der Waals surface area (Å²) < 4.78 is 0. The number of nitrogens with zero attached hydrogens (tertiary/aromatic N) is 3. The standard InChI is InChI=1S/C13H28N4O/c1-13(2,11-14)12(18)17-9-7-16(8-10-17)6-5-15(3)4/h5-11,14H2,1-4H3. The zero-order chi connectivity index (χ0) is 13.8. The normalized spacial score (nSPS) is 18.4. The average molecular weight is 256 g/mol. The highest BCUT2D eigenvalue weighted by Gasteiger charge is 2.32. The maximum atomic E-state index is 12.2. The second kappa shape index (κ2) is 6.50. The predicted molar refractivity (Wildman–Crippen MR) is 74.4 cm³/mol. The Morgan fingerprint density at radius 1 is 1.22 bits per heavy atom. The van der Waals surface area contributed by atoms with Crippen molar-refractivity contribution >= 4 is 5.91 Å². The van der Waals surface area contributed by atoms with Crippen molar-refractivity contribution in [3.8, 4) is 0 Å². The third-order valence-electron chi connectivity index (χ3n) is 3.61. The van der Waals surface area contributed by atoms with Crippen molar-refractivity contribution in [2.24, 2.45) is 11.1 Å². The molecule has 0 atom stereocenters. The second-order valence-corrected chi connectivity index (χ2v) is 6.03. The van der Waals surface area contributed by atoms with E-state index in [2.05, 4.69) is 23.9 Å². The van der Waals surface area contributed by atoms with Crippen LogP contribution in [0.25, 0.3) is 0 Å². The summed E-state index contributed by atoms with van der Waals surface area (Å²) in [6, 6.07) is 0. The molecule has 1 aliphatic heterocycles. The van der Waals surface area contributed by atoms with Gasteiger partial charge in [0.25, 0.3) is 0 Å². The highest BCUT2D eigenvalue weighted by molar-refractivity contribution is 5.82. The third-order valence-corrected chi connectivity index (χ3v) is 3.61. The van der Waals surface area contributed by atoms with E-state index in [4.69, 9.17) is 5.73 Å². The van der Waals surface area contributed by atoms with Gasteiger partial charge in [0.05, 0.1) is 5.41 Å². The van der Waals surface area contributed by atoms with E-state index in [1.165, 1.54) is 0 Å². The first-order valence-corrected chi connectivity index (χ1v) is 6.73. The second-order valence-electron chi connectivity index (χ2n) is 6.03. The molecular formula is C13H28N4O. The number of carbonyl (C=O) groups is 1. The number of rotatable bonds is 5. The number of amides is 1. The van der Waals surface area contributed by atoms with Gasteiger partial charge in [-0.3, -0.25) is 9.69 Å². The Bertz CT molecular complexity index is 270. The molecule has 0 aromatic heterocycles. The minimum Gasteiger partial charge on any atom is -0.340 e. The van der Waals surface area contributed by atoms with Crippen LogP contribution in [-0.4, -0.2) is 80.5 Å². The Morgan fingerprint density at radius 3 is 2.22 bits per heavy atom. The minimum absolute atomic E-state index is 0.192. The summed E-state index contributed by atoms with van der Waals surface area (Å²) in [5, 5.41) is 0. The molecule has 5 nitrogen and oxygen atoms in total. The molecule has 1 heterocycles. The zero-order valence-corrected chi connectivity index (χ0v) is 12.3. The van der Waals surface area contributed by atoms with E-state index in [0.717, 1.165) is 39.3 Å². The van der Waals surface area contributed by atoms with Crippen molar-refractivity contribution in [3.05, 3.63) is 0 Å². The number of piperazine rings is 1. The van der Waals surface area contributed by atoms with Crippen molar-refractivity contribution in [2.45, 2.75) is 13.8 Å². The van der Waals surface area contributed by atoms with Crippen LogP contribution in [0.1, 0.15) is 13.8 Å². The molecular weight excluding hydrogens is 228 g/mol. The molecule has 18 heavy (non-hydrogen) atoms. The summed E-state index contributed by atoms with van der Waals surface area (Å²) in [6.45, 7) is 10.0. The van der Waals surface area contributed by atoms with E-state index in [1.807, 2.05) is 18.7 Å². The molecule has 0 radical (unpaired) electrons. The molecule has 5 heteroatoms. The Labute approximate surface area is 111 Å². The Hall–Kier alpha value is -0.650. The summed E-state index contributed by atoms with van der Waals surface area (Å²) in [4.78, 5) is 18.8. The van der Waals surface area contributed by atoms with Crippen molar-refractivity contribution in [1.29, 1.82) is 0 Å². The average Bonchev–Trinajstić information content (AvgIpc) is 2.36. The highest BCUT2D eigenvalue weighted by atomic mass is 16.2. The fourth-order valence-electron chi connectivity index (χ4n) is 2.03. The summed E-state index contributed by atoms with van der Waals surface area (Å²) in [7, 11) is 4.17. The van der Waals surface area contributed by atoms with Crippen LogP contribution in [0, 0.1) is 5.41 Å². The van der Waals surface area contributed by atoms with E-state index in [0.29, 0.717) is 6.54 Å². The van der Waals surface area contributed by atoms with Gasteiger partial charge in [-0.15, -0.1) is 0 Å². The van der Waals surface area contributed by atoms with Crippen LogP contribution in [0.5, 0.6) is 0 Å². The first-order valence-electron chi connectivity index (χ1n) is 6.73. The topological polar surface area (TPSA) is 52.8 Å². The van der Waals surface area contributed by atoms with E-state index >= 15 is 0 Å². The van der Waals surface area contributed by atoms with E-state index in [1.54, 1.807) is 0 Å². The predicted octanol–water partition coefficient (Wildman–Crippen LogP) is -0.323. The van der Waals surface area contributed by atoms with Crippen LogP contribution < -0.4 is 5.73 Å². The third kappa shape index (κ3) is 4.23. The number of carbonyl (C=O) groups excluding carboxylic acids is 1. The van der Waals surface area contributed by atoms with Crippen molar-refractivity contribution in [2.75, 3.05) is 59.9 Å². The van der Waals surface area contributed by atoms with Crippen molar-refractivity contribution in [3.63, 3.8) is 0 Å². The van der Waals surface area contributed by atoms with Crippen molar-refractivity contribution < 1.29 is 4.79 Å². The monoisotopic (exact) mass is 256 g/mol. The van der Waals surface area contributed by atoms with Crippen molar-refractivity contribution in [1.82, 2.24) is 14.7 Å². The van der Waals surface area contributed by atoms with Gasteiger partial charge in [-0.05, 0) is 27.9 Å². The van der Waals surface area contributed by atoms with Gasteiger partial charge >= 0.3 is 0 Å². The molecule has 0 saturated carbocycles.